The highest BCUT2D eigenvalue weighted by Gasteiger charge is 2.19. The predicted octanol–water partition coefficient (Wildman–Crippen LogP) is 7.06. The van der Waals surface area contributed by atoms with Crippen molar-refractivity contribution in [2.75, 3.05) is 0 Å². The molecule has 1 aliphatic rings. The molecule has 1 aromatic heterocycles. The number of hydrogen-bond acceptors (Lipinski definition) is 3. The van der Waals surface area contributed by atoms with Crippen LogP contribution in [0.25, 0.3) is 45.3 Å². The summed E-state index contributed by atoms with van der Waals surface area (Å²) in [7, 11) is 0. The standard InChI is InChI=1S/C30H23N3/c1-19-7-11-21(12-8-19)28-31-29(22-13-9-20(2)10-14-22)33-30(32-28)24-15-16-27-25(18-24)17-23-5-3-4-6-26(23)27/h3-16,18H,17H2,1-2H3. The second kappa shape index (κ2) is 7.79. The lowest BCUT2D eigenvalue weighted by atomic mass is 10.0. The van der Waals surface area contributed by atoms with Crippen molar-refractivity contribution in [1.29, 1.82) is 0 Å². The van der Waals surface area contributed by atoms with Crippen LogP contribution in [0.1, 0.15) is 22.3 Å². The monoisotopic (exact) mass is 425 g/mol. The average Bonchev–Trinajstić information content (AvgIpc) is 3.22. The van der Waals surface area contributed by atoms with Gasteiger partial charge in [-0.15, -0.1) is 0 Å². The van der Waals surface area contributed by atoms with Crippen molar-refractivity contribution < 1.29 is 0 Å². The molecule has 1 aliphatic carbocycles. The molecule has 0 unspecified atom stereocenters. The number of aryl methyl sites for hydroxylation is 2. The van der Waals surface area contributed by atoms with Gasteiger partial charge in [-0.2, -0.15) is 0 Å². The maximum Gasteiger partial charge on any atom is 0.164 e. The van der Waals surface area contributed by atoms with Crippen molar-refractivity contribution in [2.45, 2.75) is 20.3 Å². The highest BCUT2D eigenvalue weighted by Crippen LogP contribution is 2.38. The molecule has 3 nitrogen and oxygen atoms in total. The zero-order valence-electron chi connectivity index (χ0n) is 18.7. The molecule has 6 rings (SSSR count). The van der Waals surface area contributed by atoms with Crippen LogP contribution in [0, 0.1) is 13.8 Å². The first-order valence-electron chi connectivity index (χ1n) is 11.3. The second-order valence-corrected chi connectivity index (χ2v) is 8.74. The lowest BCUT2D eigenvalue weighted by Gasteiger charge is -2.10. The Morgan fingerprint density at radius 1 is 0.485 bits per heavy atom. The fourth-order valence-corrected chi connectivity index (χ4v) is 4.45. The molecule has 1 heterocycles. The van der Waals surface area contributed by atoms with E-state index >= 15 is 0 Å². The van der Waals surface area contributed by atoms with E-state index in [1.165, 1.54) is 33.4 Å². The van der Waals surface area contributed by atoms with Crippen LogP contribution in [0.2, 0.25) is 0 Å². The lowest BCUT2D eigenvalue weighted by Crippen LogP contribution is -2.00. The third-order valence-electron chi connectivity index (χ3n) is 6.31. The Bertz CT molecular complexity index is 1420. The van der Waals surface area contributed by atoms with Crippen LogP contribution in [-0.4, -0.2) is 15.0 Å². The minimum Gasteiger partial charge on any atom is -0.208 e. The van der Waals surface area contributed by atoms with Crippen LogP contribution >= 0.6 is 0 Å². The fraction of sp³-hybridized carbons (Fsp3) is 0.100. The van der Waals surface area contributed by atoms with Crippen molar-refractivity contribution in [3.05, 3.63) is 113 Å². The zero-order valence-corrected chi connectivity index (χ0v) is 18.7. The summed E-state index contributed by atoms with van der Waals surface area (Å²) in [6.07, 6.45) is 0.945. The number of nitrogens with zero attached hydrogens (tertiary/aromatic N) is 3. The minimum atomic E-state index is 0.694. The molecule has 0 atom stereocenters. The first-order chi connectivity index (χ1) is 16.1. The second-order valence-electron chi connectivity index (χ2n) is 8.74. The van der Waals surface area contributed by atoms with Crippen LogP contribution in [0.3, 0.4) is 0 Å². The van der Waals surface area contributed by atoms with Crippen LogP contribution < -0.4 is 0 Å². The Morgan fingerprint density at radius 2 is 0.970 bits per heavy atom. The van der Waals surface area contributed by atoms with E-state index in [-0.39, 0.29) is 0 Å². The van der Waals surface area contributed by atoms with Crippen molar-refractivity contribution in [3.63, 3.8) is 0 Å². The molecule has 5 aromatic rings. The summed E-state index contributed by atoms with van der Waals surface area (Å²) in [6.45, 7) is 4.17. The first-order valence-corrected chi connectivity index (χ1v) is 11.3. The quantitative estimate of drug-likeness (QED) is 0.305. The van der Waals surface area contributed by atoms with Gasteiger partial charge in [0.1, 0.15) is 0 Å². The van der Waals surface area contributed by atoms with Crippen molar-refractivity contribution in [3.8, 4) is 45.3 Å². The van der Waals surface area contributed by atoms with Gasteiger partial charge in [0.25, 0.3) is 0 Å². The summed E-state index contributed by atoms with van der Waals surface area (Å²) in [5, 5.41) is 0. The number of fused-ring (bicyclic) bond motifs is 3. The third kappa shape index (κ3) is 3.62. The van der Waals surface area contributed by atoms with Crippen molar-refractivity contribution in [1.82, 2.24) is 15.0 Å². The van der Waals surface area contributed by atoms with E-state index in [2.05, 4.69) is 105 Å². The van der Waals surface area contributed by atoms with E-state index in [0.717, 1.165) is 23.1 Å². The molecule has 0 saturated heterocycles. The molecule has 0 amide bonds. The summed E-state index contributed by atoms with van der Waals surface area (Å²) < 4.78 is 0. The molecule has 4 aromatic carbocycles. The van der Waals surface area contributed by atoms with Gasteiger partial charge in [0.15, 0.2) is 17.5 Å². The first kappa shape index (κ1) is 19.6. The van der Waals surface area contributed by atoms with Crippen molar-refractivity contribution >= 4 is 0 Å². The molecule has 0 bridgehead atoms. The number of rotatable bonds is 3. The molecule has 3 heteroatoms. The Hall–Kier alpha value is -4.11. The van der Waals surface area contributed by atoms with E-state index in [9.17, 15) is 0 Å². The third-order valence-corrected chi connectivity index (χ3v) is 6.31. The molecule has 158 valence electrons. The van der Waals surface area contributed by atoms with E-state index in [1.807, 2.05) is 0 Å². The van der Waals surface area contributed by atoms with Gasteiger partial charge in [-0.3, -0.25) is 0 Å². The van der Waals surface area contributed by atoms with Gasteiger partial charge < -0.3 is 0 Å². The van der Waals surface area contributed by atoms with E-state index < -0.39 is 0 Å². The molecular formula is C30H23N3. The highest BCUT2D eigenvalue weighted by molar-refractivity contribution is 5.79. The Kier molecular flexibility index (Phi) is 4.62. The Labute approximate surface area is 193 Å². The van der Waals surface area contributed by atoms with Crippen LogP contribution in [0.4, 0.5) is 0 Å². The molecule has 0 N–H and O–H groups in total. The molecule has 0 fully saturated rings. The largest absolute Gasteiger partial charge is 0.208 e. The molecule has 33 heavy (non-hydrogen) atoms. The summed E-state index contributed by atoms with van der Waals surface area (Å²) in [5.41, 5.74) is 10.8. The van der Waals surface area contributed by atoms with E-state index in [4.69, 9.17) is 15.0 Å². The van der Waals surface area contributed by atoms with Gasteiger partial charge in [-0.05, 0) is 48.6 Å². The van der Waals surface area contributed by atoms with Crippen LogP contribution in [0.5, 0.6) is 0 Å². The van der Waals surface area contributed by atoms with Gasteiger partial charge in [0.2, 0.25) is 0 Å². The van der Waals surface area contributed by atoms with Gasteiger partial charge in [0.05, 0.1) is 0 Å². The molecular weight excluding hydrogens is 402 g/mol. The topological polar surface area (TPSA) is 38.7 Å². The summed E-state index contributed by atoms with van der Waals surface area (Å²) in [5.74, 6) is 2.09. The van der Waals surface area contributed by atoms with Crippen LogP contribution in [-0.2, 0) is 6.42 Å². The maximum absolute atomic E-state index is 4.90. The van der Waals surface area contributed by atoms with E-state index in [0.29, 0.717) is 17.5 Å². The average molecular weight is 426 g/mol. The predicted molar refractivity (Wildman–Crippen MR) is 134 cm³/mol. The highest BCUT2D eigenvalue weighted by atomic mass is 15.0. The number of hydrogen-bond donors (Lipinski definition) is 0. The van der Waals surface area contributed by atoms with E-state index in [1.54, 1.807) is 0 Å². The van der Waals surface area contributed by atoms with Crippen molar-refractivity contribution in [2.24, 2.45) is 0 Å². The van der Waals surface area contributed by atoms with Crippen LogP contribution in [0.15, 0.2) is 91.0 Å². The maximum atomic E-state index is 4.90. The summed E-state index contributed by atoms with van der Waals surface area (Å²) >= 11 is 0. The smallest absolute Gasteiger partial charge is 0.164 e. The number of aromatic nitrogens is 3. The van der Waals surface area contributed by atoms with Gasteiger partial charge in [-0.1, -0.05) is 96.1 Å². The van der Waals surface area contributed by atoms with Gasteiger partial charge in [-0.25, -0.2) is 15.0 Å². The zero-order chi connectivity index (χ0) is 22.4. The molecule has 0 aliphatic heterocycles. The Balaban J connectivity index is 1.49. The fourth-order valence-electron chi connectivity index (χ4n) is 4.45. The molecule has 0 saturated carbocycles. The normalized spacial score (nSPS) is 11.8. The Morgan fingerprint density at radius 3 is 1.58 bits per heavy atom. The van der Waals surface area contributed by atoms with Gasteiger partial charge in [0, 0.05) is 16.7 Å². The van der Waals surface area contributed by atoms with Gasteiger partial charge >= 0.3 is 0 Å². The molecule has 0 radical (unpaired) electrons. The SMILES string of the molecule is Cc1ccc(-c2nc(-c3ccc(C)cc3)nc(-c3ccc4c(c3)Cc3ccccc3-4)n2)cc1. The number of benzene rings is 4. The summed E-state index contributed by atoms with van der Waals surface area (Å²) in [6, 6.07) is 31.9. The summed E-state index contributed by atoms with van der Waals surface area (Å²) in [4.78, 5) is 14.6. The lowest BCUT2D eigenvalue weighted by molar-refractivity contribution is 1.07. The molecule has 0 spiro atoms. The minimum absolute atomic E-state index is 0.694.